The smallest absolute Gasteiger partial charge is 0.366 e. The predicted octanol–water partition coefficient (Wildman–Crippen LogP) is 4.64. The third-order valence-corrected chi connectivity index (χ3v) is 6.80. The first kappa shape index (κ1) is 24.0. The fourth-order valence-electron chi connectivity index (χ4n) is 3.60. The van der Waals surface area contributed by atoms with Crippen molar-refractivity contribution in [1.82, 2.24) is 9.55 Å². The van der Waals surface area contributed by atoms with Gasteiger partial charge in [-0.3, -0.25) is 4.79 Å². The number of nitrogens with zero attached hydrogens (tertiary/aromatic N) is 3. The number of anilines is 2. The Balaban J connectivity index is 1.81. The fourth-order valence-corrected chi connectivity index (χ4v) is 4.31. The SMILES string of the molecule is C=NS(=C)(=O)c1ccc(Nc2nc3cc(C(N)=O)ccc3n2Cc2ccccc2C(F)(F)F)cc1. The Morgan fingerprint density at radius 2 is 1.80 bits per heavy atom. The van der Waals surface area contributed by atoms with Crippen LogP contribution in [-0.4, -0.2) is 32.3 Å². The summed E-state index contributed by atoms with van der Waals surface area (Å²) in [5, 5.41) is 3.08. The lowest BCUT2D eigenvalue weighted by Gasteiger charge is -2.16. The Morgan fingerprint density at radius 1 is 1.11 bits per heavy atom. The summed E-state index contributed by atoms with van der Waals surface area (Å²) in [6.07, 6.45) is -4.53. The summed E-state index contributed by atoms with van der Waals surface area (Å²) in [6, 6.07) is 16.2. The standard InChI is InChI=1S/C24H20F3N5O2S/c1-29-35(2,34)18-10-8-17(9-11-18)30-23-31-20-13-15(22(28)33)7-12-21(20)32(23)14-16-5-3-4-6-19(16)24(25,26)27/h3-13H,1-2,14H2,(H2,28,33)(H,30,31). The molecular formula is C24H20F3N5O2S. The Labute approximate surface area is 199 Å². The summed E-state index contributed by atoms with van der Waals surface area (Å²) in [7, 11) is -2.87. The third-order valence-electron chi connectivity index (χ3n) is 5.37. The number of alkyl halides is 3. The number of carbonyl (C=O) groups is 1. The van der Waals surface area contributed by atoms with Crippen LogP contribution in [0.25, 0.3) is 11.0 Å². The molecule has 0 aliphatic rings. The zero-order valence-corrected chi connectivity index (χ0v) is 19.1. The minimum Gasteiger partial charge on any atom is -0.366 e. The molecule has 0 aliphatic carbocycles. The van der Waals surface area contributed by atoms with Gasteiger partial charge >= 0.3 is 6.18 Å². The number of nitrogens with one attached hydrogen (secondary N) is 1. The van der Waals surface area contributed by atoms with Gasteiger partial charge in [-0.1, -0.05) is 18.2 Å². The van der Waals surface area contributed by atoms with Crippen molar-refractivity contribution >= 4 is 50.9 Å². The third kappa shape index (κ3) is 4.90. The summed E-state index contributed by atoms with van der Waals surface area (Å²) < 4.78 is 58.2. The molecule has 3 aromatic carbocycles. The molecule has 0 aliphatic heterocycles. The zero-order chi connectivity index (χ0) is 25.4. The molecule has 1 atom stereocenters. The van der Waals surface area contributed by atoms with Crippen molar-refractivity contribution < 1.29 is 22.2 Å². The summed E-state index contributed by atoms with van der Waals surface area (Å²) in [6.45, 7) is 3.15. The molecule has 0 fully saturated rings. The van der Waals surface area contributed by atoms with E-state index in [1.165, 1.54) is 30.3 Å². The molecule has 1 unspecified atom stereocenters. The van der Waals surface area contributed by atoms with Gasteiger partial charge in [0.25, 0.3) is 0 Å². The number of benzene rings is 3. The highest BCUT2D eigenvalue weighted by atomic mass is 32.2. The average Bonchev–Trinajstić information content (AvgIpc) is 3.15. The zero-order valence-electron chi connectivity index (χ0n) is 18.2. The van der Waals surface area contributed by atoms with Crippen LogP contribution in [0.15, 0.2) is 76.0 Å². The van der Waals surface area contributed by atoms with Gasteiger partial charge in [0.2, 0.25) is 11.9 Å². The van der Waals surface area contributed by atoms with Gasteiger partial charge in [-0.15, -0.1) is 0 Å². The maximum Gasteiger partial charge on any atom is 0.416 e. The van der Waals surface area contributed by atoms with Crippen molar-refractivity contribution in [3.05, 3.63) is 83.4 Å². The van der Waals surface area contributed by atoms with Gasteiger partial charge < -0.3 is 15.6 Å². The van der Waals surface area contributed by atoms with Crippen LogP contribution in [0.3, 0.4) is 0 Å². The molecule has 0 bridgehead atoms. The molecule has 180 valence electrons. The van der Waals surface area contributed by atoms with E-state index >= 15 is 0 Å². The van der Waals surface area contributed by atoms with E-state index in [0.29, 0.717) is 21.6 Å². The number of hydrogen-bond acceptors (Lipinski definition) is 4. The first-order valence-corrected chi connectivity index (χ1v) is 11.9. The van der Waals surface area contributed by atoms with Crippen molar-refractivity contribution in [1.29, 1.82) is 0 Å². The maximum atomic E-state index is 13.6. The van der Waals surface area contributed by atoms with Crippen molar-refractivity contribution in [3.63, 3.8) is 0 Å². The molecular weight excluding hydrogens is 479 g/mol. The molecule has 35 heavy (non-hydrogen) atoms. The van der Waals surface area contributed by atoms with Crippen LogP contribution >= 0.6 is 0 Å². The number of imidazole rings is 1. The van der Waals surface area contributed by atoms with E-state index in [4.69, 9.17) is 5.73 Å². The van der Waals surface area contributed by atoms with E-state index in [9.17, 15) is 22.2 Å². The van der Waals surface area contributed by atoms with E-state index in [1.807, 2.05) is 0 Å². The van der Waals surface area contributed by atoms with Gasteiger partial charge in [-0.2, -0.15) is 13.2 Å². The number of amides is 1. The van der Waals surface area contributed by atoms with Gasteiger partial charge in [0, 0.05) is 18.0 Å². The van der Waals surface area contributed by atoms with Crippen LogP contribution in [0.4, 0.5) is 24.8 Å². The molecule has 0 saturated carbocycles. The first-order chi connectivity index (χ1) is 16.5. The van der Waals surface area contributed by atoms with Gasteiger partial charge in [0.15, 0.2) is 0 Å². The minimum atomic E-state index is -4.53. The minimum absolute atomic E-state index is 0.0468. The van der Waals surface area contributed by atoms with E-state index in [2.05, 4.69) is 27.3 Å². The summed E-state index contributed by atoms with van der Waals surface area (Å²) in [4.78, 5) is 16.5. The highest BCUT2D eigenvalue weighted by Gasteiger charge is 2.33. The number of fused-ring (bicyclic) bond motifs is 1. The van der Waals surface area contributed by atoms with Crippen molar-refractivity contribution in [2.24, 2.45) is 10.1 Å². The van der Waals surface area contributed by atoms with Crippen molar-refractivity contribution in [2.75, 3.05) is 5.32 Å². The Bertz CT molecular complexity index is 1540. The van der Waals surface area contributed by atoms with Crippen LogP contribution < -0.4 is 11.1 Å². The maximum absolute atomic E-state index is 13.6. The van der Waals surface area contributed by atoms with Crippen molar-refractivity contribution in [2.45, 2.75) is 17.6 Å². The monoisotopic (exact) mass is 499 g/mol. The lowest BCUT2D eigenvalue weighted by molar-refractivity contribution is -0.138. The normalized spacial score (nSPS) is 13.3. The summed E-state index contributed by atoms with van der Waals surface area (Å²) >= 11 is 0. The van der Waals surface area contributed by atoms with Crippen LogP contribution in [-0.2, 0) is 22.4 Å². The highest BCUT2D eigenvalue weighted by molar-refractivity contribution is 7.99. The molecule has 1 amide bonds. The first-order valence-electron chi connectivity index (χ1n) is 10.2. The molecule has 7 nitrogen and oxygen atoms in total. The molecule has 3 N–H and O–H groups in total. The van der Waals surface area contributed by atoms with Crippen LogP contribution in [0.1, 0.15) is 21.5 Å². The summed E-state index contributed by atoms with van der Waals surface area (Å²) in [5.74, 6) is 3.13. The average molecular weight is 500 g/mol. The number of carbonyl (C=O) groups excluding carboxylic acids is 1. The van der Waals surface area contributed by atoms with Gasteiger partial charge in [-0.05, 0) is 60.0 Å². The van der Waals surface area contributed by atoms with Crippen LogP contribution in [0.2, 0.25) is 0 Å². The van der Waals surface area contributed by atoms with Crippen LogP contribution in [0, 0.1) is 0 Å². The van der Waals surface area contributed by atoms with E-state index < -0.39 is 27.4 Å². The molecule has 11 heteroatoms. The van der Waals surface area contributed by atoms with E-state index in [0.717, 1.165) is 6.07 Å². The number of primary amides is 1. The topological polar surface area (TPSA) is 102 Å². The number of hydrogen-bond donors (Lipinski definition) is 2. The molecule has 0 saturated heterocycles. The molecule has 4 rings (SSSR count). The number of nitrogens with two attached hydrogens (primary N) is 1. The largest absolute Gasteiger partial charge is 0.416 e. The van der Waals surface area contributed by atoms with Gasteiger partial charge in [0.05, 0.1) is 37.7 Å². The Morgan fingerprint density at radius 3 is 2.43 bits per heavy atom. The number of halogens is 3. The fraction of sp³-hybridized carbons (Fsp3) is 0.0833. The number of rotatable bonds is 7. The molecule has 0 spiro atoms. The number of aromatic nitrogens is 2. The molecule has 4 aromatic rings. The molecule has 1 heterocycles. The quantitative estimate of drug-likeness (QED) is 0.286. The molecule has 1 aromatic heterocycles. The highest BCUT2D eigenvalue weighted by Crippen LogP contribution is 2.34. The Hall–Kier alpha value is -4.12. The lowest BCUT2D eigenvalue weighted by Crippen LogP contribution is -2.13. The van der Waals surface area contributed by atoms with E-state index in [-0.39, 0.29) is 23.6 Å². The second-order valence-electron chi connectivity index (χ2n) is 7.66. The van der Waals surface area contributed by atoms with E-state index in [1.54, 1.807) is 34.9 Å². The second-order valence-corrected chi connectivity index (χ2v) is 9.67. The van der Waals surface area contributed by atoms with Gasteiger partial charge in [-0.25, -0.2) is 13.6 Å². The molecule has 0 radical (unpaired) electrons. The van der Waals surface area contributed by atoms with Gasteiger partial charge in [0.1, 0.15) is 0 Å². The van der Waals surface area contributed by atoms with Crippen molar-refractivity contribution in [3.8, 4) is 0 Å². The summed E-state index contributed by atoms with van der Waals surface area (Å²) in [5.41, 5.74) is 6.29. The van der Waals surface area contributed by atoms with Crippen LogP contribution in [0.5, 0.6) is 0 Å². The second kappa shape index (κ2) is 8.91. The predicted molar refractivity (Wildman–Crippen MR) is 132 cm³/mol. The Kier molecular flexibility index (Phi) is 6.12. The lowest BCUT2D eigenvalue weighted by atomic mass is 10.1.